The van der Waals surface area contributed by atoms with Crippen LogP contribution in [0.3, 0.4) is 0 Å². The van der Waals surface area contributed by atoms with Gasteiger partial charge in [-0.1, -0.05) is 31.2 Å². The summed E-state index contributed by atoms with van der Waals surface area (Å²) in [5.41, 5.74) is 2.46. The average molecular weight is 473 g/mol. The second-order valence-corrected chi connectivity index (χ2v) is 10.3. The van der Waals surface area contributed by atoms with Crippen molar-refractivity contribution in [3.05, 3.63) is 65.2 Å². The van der Waals surface area contributed by atoms with E-state index >= 15 is 0 Å². The summed E-state index contributed by atoms with van der Waals surface area (Å²) in [5.74, 6) is -0.365. The third-order valence-electron chi connectivity index (χ3n) is 5.67. The van der Waals surface area contributed by atoms with Crippen molar-refractivity contribution in [2.24, 2.45) is 0 Å². The molecule has 0 spiro atoms. The Labute approximate surface area is 196 Å². The van der Waals surface area contributed by atoms with Gasteiger partial charge in [0.15, 0.2) is 0 Å². The molecule has 1 heterocycles. The van der Waals surface area contributed by atoms with Crippen molar-refractivity contribution in [1.82, 2.24) is 14.5 Å². The first-order valence-electron chi connectivity index (χ1n) is 11.3. The number of amides is 2. The van der Waals surface area contributed by atoms with E-state index in [2.05, 4.69) is 15.5 Å². The number of benzene rings is 2. The van der Waals surface area contributed by atoms with Crippen LogP contribution >= 0.6 is 0 Å². The fraction of sp³-hybridized carbons (Fsp3) is 0.417. The van der Waals surface area contributed by atoms with Crippen LogP contribution in [0.15, 0.2) is 48.5 Å². The third-order valence-corrected chi connectivity index (χ3v) is 7.55. The number of carbonyl (C=O) groups excluding carboxylic acids is 2. The maximum Gasteiger partial charge on any atom is 0.255 e. The van der Waals surface area contributed by atoms with Gasteiger partial charge >= 0.3 is 0 Å². The Hall–Kier alpha value is -2.75. The van der Waals surface area contributed by atoms with Gasteiger partial charge in [0, 0.05) is 44.8 Å². The second-order valence-electron chi connectivity index (χ2n) is 8.03. The Morgan fingerprint density at radius 1 is 0.909 bits per heavy atom. The molecule has 0 saturated carbocycles. The number of anilines is 1. The maximum absolute atomic E-state index is 12.7. The molecule has 3 rings (SSSR count). The molecule has 0 radical (unpaired) electrons. The van der Waals surface area contributed by atoms with E-state index in [4.69, 9.17) is 0 Å². The molecule has 33 heavy (non-hydrogen) atoms. The largest absolute Gasteiger partial charge is 0.352 e. The van der Waals surface area contributed by atoms with Gasteiger partial charge in [0.05, 0.1) is 17.0 Å². The molecule has 0 aromatic heterocycles. The SMILES string of the molecule is CCCNC(=O)c1ccccc1NC(=O)c1ccc(CN2CCN(S(=O)(=O)CC)CC2)cc1. The van der Waals surface area contributed by atoms with E-state index in [9.17, 15) is 18.0 Å². The van der Waals surface area contributed by atoms with Crippen molar-refractivity contribution in [3.63, 3.8) is 0 Å². The monoisotopic (exact) mass is 472 g/mol. The van der Waals surface area contributed by atoms with E-state index in [0.29, 0.717) is 56.1 Å². The molecular weight excluding hydrogens is 440 g/mol. The smallest absolute Gasteiger partial charge is 0.255 e. The predicted molar refractivity (Wildman–Crippen MR) is 130 cm³/mol. The molecule has 1 aliphatic rings. The Kier molecular flexibility index (Phi) is 8.60. The number of rotatable bonds is 9. The van der Waals surface area contributed by atoms with Gasteiger partial charge in [-0.25, -0.2) is 8.42 Å². The van der Waals surface area contributed by atoms with Crippen molar-refractivity contribution in [1.29, 1.82) is 0 Å². The topological polar surface area (TPSA) is 98.8 Å². The van der Waals surface area contributed by atoms with Crippen LogP contribution in [0.5, 0.6) is 0 Å². The van der Waals surface area contributed by atoms with Crippen LogP contribution in [0.4, 0.5) is 5.69 Å². The molecular formula is C24H32N4O4S. The van der Waals surface area contributed by atoms with E-state index in [1.54, 1.807) is 47.6 Å². The van der Waals surface area contributed by atoms with Gasteiger partial charge in [0.2, 0.25) is 10.0 Å². The minimum Gasteiger partial charge on any atom is -0.352 e. The summed E-state index contributed by atoms with van der Waals surface area (Å²) in [6.45, 7) is 7.28. The van der Waals surface area contributed by atoms with Gasteiger partial charge in [0.25, 0.3) is 11.8 Å². The summed E-state index contributed by atoms with van der Waals surface area (Å²) in [5, 5.41) is 5.67. The number of carbonyl (C=O) groups is 2. The summed E-state index contributed by atoms with van der Waals surface area (Å²) in [4.78, 5) is 27.3. The molecule has 2 N–H and O–H groups in total. The Balaban J connectivity index is 1.58. The number of nitrogens with zero attached hydrogens (tertiary/aromatic N) is 2. The van der Waals surface area contributed by atoms with Gasteiger partial charge in [-0.3, -0.25) is 14.5 Å². The molecule has 9 heteroatoms. The van der Waals surface area contributed by atoms with Crippen LogP contribution in [-0.2, 0) is 16.6 Å². The minimum atomic E-state index is -3.13. The number of piperazine rings is 1. The fourth-order valence-corrected chi connectivity index (χ4v) is 4.77. The molecule has 8 nitrogen and oxygen atoms in total. The number of nitrogens with one attached hydrogen (secondary N) is 2. The summed E-state index contributed by atoms with van der Waals surface area (Å²) in [7, 11) is -3.13. The number of sulfonamides is 1. The van der Waals surface area contributed by atoms with Crippen molar-refractivity contribution in [3.8, 4) is 0 Å². The van der Waals surface area contributed by atoms with Crippen molar-refractivity contribution in [2.45, 2.75) is 26.8 Å². The van der Waals surface area contributed by atoms with Gasteiger partial charge in [-0.15, -0.1) is 0 Å². The lowest BCUT2D eigenvalue weighted by atomic mass is 10.1. The van der Waals surface area contributed by atoms with Crippen LogP contribution in [-0.4, -0.2) is 67.9 Å². The van der Waals surface area contributed by atoms with E-state index < -0.39 is 10.0 Å². The number of hydrogen-bond donors (Lipinski definition) is 2. The van der Waals surface area contributed by atoms with E-state index in [1.807, 2.05) is 19.1 Å². The van der Waals surface area contributed by atoms with Crippen LogP contribution in [0.2, 0.25) is 0 Å². The first-order valence-corrected chi connectivity index (χ1v) is 12.9. The lowest BCUT2D eigenvalue weighted by Gasteiger charge is -2.33. The zero-order valence-electron chi connectivity index (χ0n) is 19.2. The minimum absolute atomic E-state index is 0.129. The van der Waals surface area contributed by atoms with Crippen LogP contribution < -0.4 is 10.6 Å². The Morgan fingerprint density at radius 2 is 1.58 bits per heavy atom. The molecule has 0 unspecified atom stereocenters. The van der Waals surface area contributed by atoms with Gasteiger partial charge in [-0.2, -0.15) is 4.31 Å². The highest BCUT2D eigenvalue weighted by Crippen LogP contribution is 2.17. The average Bonchev–Trinajstić information content (AvgIpc) is 2.83. The van der Waals surface area contributed by atoms with Crippen LogP contribution in [0.25, 0.3) is 0 Å². The lowest BCUT2D eigenvalue weighted by Crippen LogP contribution is -2.48. The summed E-state index contributed by atoms with van der Waals surface area (Å²) < 4.78 is 25.6. The Bertz CT molecular complexity index is 1060. The molecule has 178 valence electrons. The maximum atomic E-state index is 12.7. The summed E-state index contributed by atoms with van der Waals surface area (Å²) in [6.07, 6.45) is 0.833. The molecule has 0 atom stereocenters. The van der Waals surface area contributed by atoms with Gasteiger partial charge in [0.1, 0.15) is 0 Å². The summed E-state index contributed by atoms with van der Waals surface area (Å²) in [6, 6.07) is 14.3. The van der Waals surface area contributed by atoms with Crippen LogP contribution in [0, 0.1) is 0 Å². The highest BCUT2D eigenvalue weighted by Gasteiger charge is 2.25. The molecule has 1 aliphatic heterocycles. The molecule has 2 aromatic rings. The molecule has 0 bridgehead atoms. The summed E-state index contributed by atoms with van der Waals surface area (Å²) >= 11 is 0. The molecule has 2 aromatic carbocycles. The second kappa shape index (κ2) is 11.4. The van der Waals surface area contributed by atoms with Crippen molar-refractivity contribution in [2.75, 3.05) is 43.8 Å². The van der Waals surface area contributed by atoms with Crippen LogP contribution in [0.1, 0.15) is 46.5 Å². The standard InChI is InChI=1S/C24H32N4O4S/c1-3-13-25-24(30)21-7-5-6-8-22(21)26-23(29)20-11-9-19(10-12-20)18-27-14-16-28(17-15-27)33(31,32)4-2/h5-12H,3-4,13-18H2,1-2H3,(H,25,30)(H,26,29). The molecule has 1 saturated heterocycles. The lowest BCUT2D eigenvalue weighted by molar-refractivity contribution is 0.0954. The Morgan fingerprint density at radius 3 is 2.21 bits per heavy atom. The first-order chi connectivity index (χ1) is 15.8. The third kappa shape index (κ3) is 6.63. The molecule has 1 fully saturated rings. The normalized spacial score (nSPS) is 15.2. The van der Waals surface area contributed by atoms with E-state index in [0.717, 1.165) is 12.0 Å². The number of para-hydroxylation sites is 1. The zero-order valence-corrected chi connectivity index (χ0v) is 20.0. The van der Waals surface area contributed by atoms with E-state index in [1.165, 1.54) is 0 Å². The van der Waals surface area contributed by atoms with Gasteiger partial charge in [-0.05, 0) is 43.2 Å². The molecule has 0 aliphatic carbocycles. The molecule has 2 amide bonds. The van der Waals surface area contributed by atoms with Crippen molar-refractivity contribution < 1.29 is 18.0 Å². The van der Waals surface area contributed by atoms with Gasteiger partial charge < -0.3 is 10.6 Å². The van der Waals surface area contributed by atoms with Crippen molar-refractivity contribution >= 4 is 27.5 Å². The fourth-order valence-electron chi connectivity index (χ4n) is 3.69. The first kappa shape index (κ1) is 24.9. The highest BCUT2D eigenvalue weighted by molar-refractivity contribution is 7.89. The highest BCUT2D eigenvalue weighted by atomic mass is 32.2. The zero-order chi connectivity index (χ0) is 23.8. The predicted octanol–water partition coefficient (Wildman–Crippen LogP) is 2.55. The quantitative estimate of drug-likeness (QED) is 0.584. The van der Waals surface area contributed by atoms with E-state index in [-0.39, 0.29) is 17.6 Å². The number of hydrogen-bond acceptors (Lipinski definition) is 5.